The lowest BCUT2D eigenvalue weighted by Crippen LogP contribution is -2.16. The van der Waals surface area contributed by atoms with E-state index in [1.807, 2.05) is 12.3 Å². The molecule has 96 valence electrons. The summed E-state index contributed by atoms with van der Waals surface area (Å²) in [5.41, 5.74) is 2.59. The Morgan fingerprint density at radius 1 is 1.28 bits per heavy atom. The Morgan fingerprint density at radius 3 is 2.56 bits per heavy atom. The summed E-state index contributed by atoms with van der Waals surface area (Å²) in [6.45, 7) is 8.85. The van der Waals surface area contributed by atoms with Gasteiger partial charge in [-0.1, -0.05) is 33.8 Å². The maximum atomic E-state index is 12.8. The summed E-state index contributed by atoms with van der Waals surface area (Å²) in [4.78, 5) is 17.2. The molecule has 0 bridgehead atoms. The van der Waals surface area contributed by atoms with E-state index in [1.165, 1.54) is 5.56 Å². The minimum atomic E-state index is 0.0484. The van der Waals surface area contributed by atoms with Gasteiger partial charge in [-0.3, -0.25) is 9.78 Å². The van der Waals surface area contributed by atoms with Crippen molar-refractivity contribution in [1.29, 1.82) is 0 Å². The van der Waals surface area contributed by atoms with Crippen LogP contribution < -0.4 is 0 Å². The van der Waals surface area contributed by atoms with E-state index in [2.05, 4.69) is 38.7 Å². The molecule has 0 aliphatic heterocycles. The Labute approximate surface area is 109 Å². The van der Waals surface area contributed by atoms with E-state index in [0.717, 1.165) is 18.5 Å². The molecule has 0 N–H and O–H groups in total. The Kier molecular flexibility index (Phi) is 2.27. The highest BCUT2D eigenvalue weighted by atomic mass is 16.1. The van der Waals surface area contributed by atoms with E-state index in [0.29, 0.717) is 5.78 Å². The number of fused-ring (bicyclic) bond motifs is 1. The zero-order chi connectivity index (χ0) is 13.1. The van der Waals surface area contributed by atoms with Gasteiger partial charge in [0.2, 0.25) is 0 Å². The maximum absolute atomic E-state index is 12.8. The number of Topliss-reactive ketones (excluding diaryl/α,β-unsaturated/α-hetero) is 1. The zero-order valence-electron chi connectivity index (χ0n) is 11.7. The molecule has 1 unspecified atom stereocenters. The van der Waals surface area contributed by atoms with Gasteiger partial charge in [-0.05, 0) is 35.3 Å². The second-order valence-corrected chi connectivity index (χ2v) is 6.92. The summed E-state index contributed by atoms with van der Waals surface area (Å²) in [7, 11) is 0. The number of aromatic nitrogens is 1. The van der Waals surface area contributed by atoms with Gasteiger partial charge < -0.3 is 0 Å². The van der Waals surface area contributed by atoms with Gasteiger partial charge in [-0.2, -0.15) is 0 Å². The predicted molar refractivity (Wildman–Crippen MR) is 71.4 cm³/mol. The van der Waals surface area contributed by atoms with Crippen LogP contribution in [0.3, 0.4) is 0 Å². The van der Waals surface area contributed by atoms with Crippen LogP contribution in [0.4, 0.5) is 0 Å². The number of ketones is 1. The van der Waals surface area contributed by atoms with Crippen LogP contribution in [0.25, 0.3) is 0 Å². The number of hydrogen-bond donors (Lipinski definition) is 0. The van der Waals surface area contributed by atoms with Gasteiger partial charge in [-0.25, -0.2) is 0 Å². The van der Waals surface area contributed by atoms with Crippen molar-refractivity contribution in [2.45, 2.75) is 46.5 Å². The molecule has 0 spiro atoms. The minimum absolute atomic E-state index is 0.0484. The van der Waals surface area contributed by atoms with Crippen LogP contribution in [0.2, 0.25) is 0 Å². The van der Waals surface area contributed by atoms with Gasteiger partial charge >= 0.3 is 0 Å². The molecule has 3 rings (SSSR count). The first kappa shape index (κ1) is 11.9. The Balaban J connectivity index is 1.89. The molecule has 2 heteroatoms. The second-order valence-electron chi connectivity index (χ2n) is 6.92. The van der Waals surface area contributed by atoms with E-state index >= 15 is 0 Å². The fourth-order valence-electron chi connectivity index (χ4n) is 3.80. The zero-order valence-corrected chi connectivity index (χ0v) is 11.7. The Hall–Kier alpha value is -1.18. The highest BCUT2D eigenvalue weighted by molar-refractivity contribution is 5.92. The third kappa shape index (κ3) is 1.35. The third-order valence-electron chi connectivity index (χ3n) is 5.61. The van der Waals surface area contributed by atoms with Crippen LogP contribution in [0.5, 0.6) is 0 Å². The molecule has 1 atom stereocenters. The van der Waals surface area contributed by atoms with Crippen LogP contribution in [-0.2, 0) is 11.2 Å². The number of carbonyl (C=O) groups is 1. The third-order valence-corrected chi connectivity index (χ3v) is 5.61. The number of aryl methyl sites for hydroxylation is 1. The van der Waals surface area contributed by atoms with Crippen LogP contribution in [0, 0.1) is 16.7 Å². The molecule has 1 heterocycles. The summed E-state index contributed by atoms with van der Waals surface area (Å²) in [6.07, 6.45) is 3.77. The summed E-state index contributed by atoms with van der Waals surface area (Å²) < 4.78 is 0. The highest BCUT2D eigenvalue weighted by Crippen LogP contribution is 2.69. The molecular weight excluding hydrogens is 222 g/mol. The fraction of sp³-hybridized carbons (Fsp3) is 0.625. The van der Waals surface area contributed by atoms with Crippen molar-refractivity contribution in [2.75, 3.05) is 0 Å². The smallest absolute Gasteiger partial charge is 0.146 e. The number of carbonyl (C=O) groups excluding carboxylic acids is 1. The number of hydrogen-bond acceptors (Lipinski definition) is 2. The molecule has 2 aliphatic carbocycles. The van der Waals surface area contributed by atoms with Gasteiger partial charge in [0, 0.05) is 12.1 Å². The van der Waals surface area contributed by atoms with Gasteiger partial charge in [0.25, 0.3) is 0 Å². The van der Waals surface area contributed by atoms with Crippen LogP contribution >= 0.6 is 0 Å². The monoisotopic (exact) mass is 243 g/mol. The van der Waals surface area contributed by atoms with Gasteiger partial charge in [-0.15, -0.1) is 0 Å². The van der Waals surface area contributed by atoms with E-state index < -0.39 is 0 Å². The average molecular weight is 243 g/mol. The topological polar surface area (TPSA) is 30.0 Å². The highest BCUT2D eigenvalue weighted by Gasteiger charge is 2.68. The van der Waals surface area contributed by atoms with E-state index in [1.54, 1.807) is 0 Å². The van der Waals surface area contributed by atoms with E-state index in [4.69, 9.17) is 0 Å². The number of pyridine rings is 1. The van der Waals surface area contributed by atoms with Gasteiger partial charge in [0.1, 0.15) is 5.78 Å². The molecule has 2 aliphatic rings. The standard InChI is InChI=1S/C16H21NO/c1-15(2)14(16(15,3)4)13(18)11-8-7-10-6-5-9-17-12(10)11/h5-6,9,11,14H,7-8H2,1-4H3. The number of rotatable bonds is 2. The lowest BCUT2D eigenvalue weighted by atomic mass is 9.93. The second kappa shape index (κ2) is 3.43. The summed E-state index contributed by atoms with van der Waals surface area (Å²) >= 11 is 0. The van der Waals surface area contributed by atoms with Crippen LogP contribution in [-0.4, -0.2) is 10.8 Å². The quantitative estimate of drug-likeness (QED) is 0.797. The Morgan fingerprint density at radius 2 is 1.94 bits per heavy atom. The maximum Gasteiger partial charge on any atom is 0.146 e. The molecule has 0 saturated heterocycles. The molecule has 1 aromatic heterocycles. The van der Waals surface area contributed by atoms with Crippen LogP contribution in [0.15, 0.2) is 18.3 Å². The van der Waals surface area contributed by atoms with Crippen molar-refractivity contribution < 1.29 is 4.79 Å². The summed E-state index contributed by atoms with van der Waals surface area (Å²) in [5, 5.41) is 0. The van der Waals surface area contributed by atoms with Crippen LogP contribution in [0.1, 0.15) is 51.3 Å². The largest absolute Gasteiger partial charge is 0.299 e. The predicted octanol–water partition coefficient (Wildman–Crippen LogP) is 3.36. The van der Waals surface area contributed by atoms with Crippen molar-refractivity contribution >= 4 is 5.78 Å². The molecular formula is C16H21NO. The van der Waals surface area contributed by atoms with E-state index in [-0.39, 0.29) is 22.7 Å². The summed E-state index contributed by atoms with van der Waals surface area (Å²) in [6, 6.07) is 4.08. The molecule has 1 aromatic rings. The fourth-order valence-corrected chi connectivity index (χ4v) is 3.80. The molecule has 2 nitrogen and oxygen atoms in total. The van der Waals surface area contributed by atoms with E-state index in [9.17, 15) is 4.79 Å². The molecule has 1 saturated carbocycles. The molecule has 1 fully saturated rings. The lowest BCUT2D eigenvalue weighted by Gasteiger charge is -2.10. The first-order valence-corrected chi connectivity index (χ1v) is 6.85. The summed E-state index contributed by atoms with van der Waals surface area (Å²) in [5.74, 6) is 0.664. The first-order chi connectivity index (χ1) is 8.37. The van der Waals surface area contributed by atoms with Gasteiger partial charge in [0.15, 0.2) is 0 Å². The Bertz CT molecular complexity index is 502. The lowest BCUT2D eigenvalue weighted by molar-refractivity contribution is -0.122. The molecule has 18 heavy (non-hydrogen) atoms. The van der Waals surface area contributed by atoms with Crippen molar-refractivity contribution in [3.05, 3.63) is 29.6 Å². The van der Waals surface area contributed by atoms with Crippen molar-refractivity contribution in [3.8, 4) is 0 Å². The molecule has 0 aromatic carbocycles. The molecule has 0 radical (unpaired) electrons. The number of nitrogens with zero attached hydrogens (tertiary/aromatic N) is 1. The van der Waals surface area contributed by atoms with Gasteiger partial charge in [0.05, 0.1) is 11.6 Å². The SMILES string of the molecule is CC1(C)C(C(=O)C2CCc3cccnc32)C1(C)C. The normalized spacial score (nSPS) is 27.9. The average Bonchev–Trinajstić information content (AvgIpc) is 2.66. The first-order valence-electron chi connectivity index (χ1n) is 6.85. The van der Waals surface area contributed by atoms with Crippen molar-refractivity contribution in [1.82, 2.24) is 4.98 Å². The molecule has 0 amide bonds. The minimum Gasteiger partial charge on any atom is -0.299 e. The van der Waals surface area contributed by atoms with Crippen molar-refractivity contribution in [2.24, 2.45) is 16.7 Å². The van der Waals surface area contributed by atoms with Crippen molar-refractivity contribution in [3.63, 3.8) is 0 Å².